The van der Waals surface area contributed by atoms with Gasteiger partial charge in [-0.05, 0) is 18.4 Å². The Morgan fingerprint density at radius 2 is 1.95 bits per heavy atom. The Labute approximate surface area is 135 Å². The molecule has 22 heavy (non-hydrogen) atoms. The standard InChI is InChI=1S/C17H21N3OS/c21-15-9-5-4-8-14(15)19-16-10-18-11-17(20-16)22-12-13-6-2-1-3-7-13/h1-3,6-7,10-11,14-15,21H,4-5,8-9,12H2,(H,19,20)/t14-,15-/m0/s1. The number of rotatable bonds is 5. The number of aliphatic hydroxyl groups is 1. The number of hydrogen-bond acceptors (Lipinski definition) is 5. The fourth-order valence-electron chi connectivity index (χ4n) is 2.69. The minimum Gasteiger partial charge on any atom is -0.391 e. The summed E-state index contributed by atoms with van der Waals surface area (Å²) in [7, 11) is 0. The predicted molar refractivity (Wildman–Crippen MR) is 89.9 cm³/mol. The summed E-state index contributed by atoms with van der Waals surface area (Å²) in [6.45, 7) is 0. The average Bonchev–Trinajstić information content (AvgIpc) is 2.57. The van der Waals surface area contributed by atoms with Gasteiger partial charge in [-0.2, -0.15) is 0 Å². The van der Waals surface area contributed by atoms with E-state index in [1.54, 1.807) is 24.2 Å². The zero-order valence-corrected chi connectivity index (χ0v) is 13.3. The molecule has 0 bridgehead atoms. The van der Waals surface area contributed by atoms with Crippen LogP contribution in [0.3, 0.4) is 0 Å². The highest BCUT2D eigenvalue weighted by molar-refractivity contribution is 7.98. The topological polar surface area (TPSA) is 58.0 Å². The molecule has 1 aromatic heterocycles. The molecular weight excluding hydrogens is 294 g/mol. The Morgan fingerprint density at radius 1 is 1.14 bits per heavy atom. The van der Waals surface area contributed by atoms with Crippen molar-refractivity contribution in [2.75, 3.05) is 5.32 Å². The maximum absolute atomic E-state index is 10.0. The molecule has 1 aliphatic carbocycles. The molecule has 5 heteroatoms. The van der Waals surface area contributed by atoms with Crippen LogP contribution >= 0.6 is 11.8 Å². The van der Waals surface area contributed by atoms with E-state index in [2.05, 4.69) is 27.4 Å². The van der Waals surface area contributed by atoms with Gasteiger partial charge in [0, 0.05) is 5.75 Å². The number of hydrogen-bond donors (Lipinski definition) is 2. The Bertz CT molecular complexity index is 593. The van der Waals surface area contributed by atoms with Gasteiger partial charge in [-0.15, -0.1) is 11.8 Å². The van der Waals surface area contributed by atoms with Crippen molar-refractivity contribution in [2.24, 2.45) is 0 Å². The first-order valence-corrected chi connectivity index (χ1v) is 8.73. The molecular formula is C17H21N3OS. The van der Waals surface area contributed by atoms with Crippen molar-refractivity contribution in [1.82, 2.24) is 9.97 Å². The van der Waals surface area contributed by atoms with Crippen LogP contribution in [-0.4, -0.2) is 27.2 Å². The van der Waals surface area contributed by atoms with E-state index in [0.29, 0.717) is 0 Å². The van der Waals surface area contributed by atoms with E-state index in [9.17, 15) is 5.11 Å². The molecule has 2 aromatic rings. The van der Waals surface area contributed by atoms with Gasteiger partial charge in [0.1, 0.15) is 10.8 Å². The van der Waals surface area contributed by atoms with Crippen LogP contribution in [0.4, 0.5) is 5.82 Å². The molecule has 116 valence electrons. The Balaban J connectivity index is 1.60. The predicted octanol–water partition coefficient (Wildman–Crippen LogP) is 3.48. The minimum atomic E-state index is -0.281. The van der Waals surface area contributed by atoms with Crippen LogP contribution in [0.25, 0.3) is 0 Å². The molecule has 1 heterocycles. The molecule has 2 atom stereocenters. The molecule has 0 spiro atoms. The Kier molecular flexibility index (Phi) is 5.29. The lowest BCUT2D eigenvalue weighted by atomic mass is 9.93. The van der Waals surface area contributed by atoms with E-state index < -0.39 is 0 Å². The largest absolute Gasteiger partial charge is 0.391 e. The monoisotopic (exact) mass is 315 g/mol. The normalized spacial score (nSPS) is 21.5. The number of aromatic nitrogens is 2. The minimum absolute atomic E-state index is 0.0948. The molecule has 0 saturated heterocycles. The maximum Gasteiger partial charge on any atom is 0.146 e. The van der Waals surface area contributed by atoms with Crippen molar-refractivity contribution in [3.8, 4) is 0 Å². The number of aliphatic hydroxyl groups excluding tert-OH is 1. The molecule has 1 fully saturated rings. The first-order chi connectivity index (χ1) is 10.8. The van der Waals surface area contributed by atoms with Gasteiger partial charge in [0.05, 0.1) is 24.5 Å². The number of nitrogens with zero attached hydrogens (tertiary/aromatic N) is 2. The van der Waals surface area contributed by atoms with Gasteiger partial charge in [0.25, 0.3) is 0 Å². The van der Waals surface area contributed by atoms with Crippen LogP contribution in [0.1, 0.15) is 31.2 Å². The average molecular weight is 315 g/mol. The molecule has 0 unspecified atom stereocenters. The van der Waals surface area contributed by atoms with Crippen LogP contribution in [0.5, 0.6) is 0 Å². The van der Waals surface area contributed by atoms with Crippen molar-refractivity contribution >= 4 is 17.6 Å². The van der Waals surface area contributed by atoms with E-state index in [4.69, 9.17) is 0 Å². The lowest BCUT2D eigenvalue weighted by Crippen LogP contribution is -2.36. The first kappa shape index (κ1) is 15.3. The highest BCUT2D eigenvalue weighted by atomic mass is 32.2. The summed E-state index contributed by atoms with van der Waals surface area (Å²) in [6, 6.07) is 10.4. The van der Waals surface area contributed by atoms with Crippen LogP contribution in [-0.2, 0) is 5.75 Å². The van der Waals surface area contributed by atoms with Crippen molar-refractivity contribution in [3.63, 3.8) is 0 Å². The molecule has 4 nitrogen and oxygen atoms in total. The third-order valence-corrected chi connectivity index (χ3v) is 4.87. The summed E-state index contributed by atoms with van der Waals surface area (Å²) in [5, 5.41) is 14.3. The SMILES string of the molecule is O[C@H]1CCCC[C@@H]1Nc1cncc(SCc2ccccc2)n1. The lowest BCUT2D eigenvalue weighted by molar-refractivity contribution is 0.116. The van der Waals surface area contributed by atoms with Crippen molar-refractivity contribution < 1.29 is 5.11 Å². The van der Waals surface area contributed by atoms with Crippen LogP contribution in [0.15, 0.2) is 47.8 Å². The molecule has 1 aliphatic rings. The fraction of sp³-hybridized carbons (Fsp3) is 0.412. The molecule has 1 aromatic carbocycles. The zero-order chi connectivity index (χ0) is 15.2. The maximum atomic E-state index is 10.0. The van der Waals surface area contributed by atoms with Gasteiger partial charge in [0.2, 0.25) is 0 Å². The van der Waals surface area contributed by atoms with Gasteiger partial charge in [-0.1, -0.05) is 43.2 Å². The number of thioether (sulfide) groups is 1. The summed E-state index contributed by atoms with van der Waals surface area (Å²) < 4.78 is 0. The Morgan fingerprint density at radius 3 is 2.77 bits per heavy atom. The highest BCUT2D eigenvalue weighted by Crippen LogP contribution is 2.24. The van der Waals surface area contributed by atoms with Gasteiger partial charge in [-0.3, -0.25) is 4.98 Å². The van der Waals surface area contributed by atoms with Gasteiger partial charge >= 0.3 is 0 Å². The van der Waals surface area contributed by atoms with Crippen molar-refractivity contribution in [1.29, 1.82) is 0 Å². The Hall–Kier alpha value is -1.59. The third-order valence-electron chi connectivity index (χ3n) is 3.90. The van der Waals surface area contributed by atoms with E-state index in [0.717, 1.165) is 42.3 Å². The second-order valence-corrected chi connectivity index (χ2v) is 6.62. The third kappa shape index (κ3) is 4.21. The van der Waals surface area contributed by atoms with E-state index in [-0.39, 0.29) is 12.1 Å². The first-order valence-electron chi connectivity index (χ1n) is 7.74. The molecule has 3 rings (SSSR count). The van der Waals surface area contributed by atoms with Crippen LogP contribution < -0.4 is 5.32 Å². The summed E-state index contributed by atoms with van der Waals surface area (Å²) in [5.74, 6) is 1.63. The van der Waals surface area contributed by atoms with Crippen LogP contribution in [0.2, 0.25) is 0 Å². The van der Waals surface area contributed by atoms with Gasteiger partial charge in [-0.25, -0.2) is 4.98 Å². The quantitative estimate of drug-likeness (QED) is 0.827. The number of benzene rings is 1. The smallest absolute Gasteiger partial charge is 0.146 e. The summed E-state index contributed by atoms with van der Waals surface area (Å²) in [4.78, 5) is 8.85. The fourth-order valence-corrected chi connectivity index (χ4v) is 3.49. The number of nitrogens with one attached hydrogen (secondary N) is 1. The summed E-state index contributed by atoms with van der Waals surface area (Å²) in [6.07, 6.45) is 7.36. The molecule has 0 amide bonds. The summed E-state index contributed by atoms with van der Waals surface area (Å²) in [5.41, 5.74) is 1.27. The zero-order valence-electron chi connectivity index (χ0n) is 12.5. The van der Waals surface area contributed by atoms with E-state index >= 15 is 0 Å². The van der Waals surface area contributed by atoms with E-state index in [1.165, 1.54) is 5.56 Å². The molecule has 2 N–H and O–H groups in total. The molecule has 0 aliphatic heterocycles. The van der Waals surface area contributed by atoms with E-state index in [1.807, 2.05) is 18.2 Å². The number of anilines is 1. The van der Waals surface area contributed by atoms with Crippen molar-refractivity contribution in [3.05, 3.63) is 48.3 Å². The second-order valence-electron chi connectivity index (χ2n) is 5.62. The molecule has 1 saturated carbocycles. The van der Waals surface area contributed by atoms with Crippen LogP contribution in [0, 0.1) is 0 Å². The highest BCUT2D eigenvalue weighted by Gasteiger charge is 2.23. The van der Waals surface area contributed by atoms with Gasteiger partial charge < -0.3 is 10.4 Å². The molecule has 0 radical (unpaired) electrons. The summed E-state index contributed by atoms with van der Waals surface area (Å²) >= 11 is 1.67. The van der Waals surface area contributed by atoms with Gasteiger partial charge in [0.15, 0.2) is 0 Å². The lowest BCUT2D eigenvalue weighted by Gasteiger charge is -2.28. The second kappa shape index (κ2) is 7.61. The van der Waals surface area contributed by atoms with Crippen molar-refractivity contribution in [2.45, 2.75) is 48.6 Å².